The van der Waals surface area contributed by atoms with Crippen LogP contribution in [0.2, 0.25) is 0 Å². The van der Waals surface area contributed by atoms with E-state index >= 15 is 0 Å². The first-order chi connectivity index (χ1) is 25.6. The van der Waals surface area contributed by atoms with Gasteiger partial charge in [-0.2, -0.15) is 18.4 Å². The third-order valence-corrected chi connectivity index (χ3v) is 5.24. The second kappa shape index (κ2) is 8.99. The van der Waals surface area contributed by atoms with Gasteiger partial charge in [0.1, 0.15) is 18.1 Å². The molecule has 35 heavy (non-hydrogen) atoms. The van der Waals surface area contributed by atoms with Crippen molar-refractivity contribution in [3.8, 4) is 6.07 Å². The van der Waals surface area contributed by atoms with Gasteiger partial charge in [-0.15, -0.1) is 0 Å². The largest absolute Gasteiger partial charge is 0.471 e. The summed E-state index contributed by atoms with van der Waals surface area (Å²) in [4.78, 5) is 53.5. The molecule has 0 aromatic heterocycles. The molecule has 2 saturated heterocycles. The third kappa shape index (κ3) is 5.23. The number of likely N-dealkylation sites (tertiary alicyclic amines) is 1. The molecule has 0 radical (unpaired) electrons. The zero-order valence-corrected chi connectivity index (χ0v) is 17.1. The summed E-state index contributed by atoms with van der Waals surface area (Å²) in [6.07, 6.45) is -14.8. The highest BCUT2D eigenvalue weighted by Gasteiger charge is 2.70. The van der Waals surface area contributed by atoms with Gasteiger partial charge in [0, 0.05) is 49.1 Å². The molecule has 0 unspecified atom stereocenters. The van der Waals surface area contributed by atoms with Crippen LogP contribution in [0.25, 0.3) is 0 Å². The Bertz CT molecular complexity index is 1790. The standard InChI is InChI=1S/C23H32F3N5O4/c1-21(2,3)16(30-20(35)23(24,25)26)19(34)31-10-13-14(22(13,4)5)15(31)18(33)29-12(9-27)8-11-6-7-28-17(11)32/h11-16H,6-8,10H2,1-5H3,(H,28,32)(H,29,33)(H,30,35)/t11-,12-,13-,14-,15-,16+/m0/s1/i1D3,2D3,3D3,4D3,5D3,6D2,7D2,8D2,11D,12D,15D. The van der Waals surface area contributed by atoms with Gasteiger partial charge >= 0.3 is 12.1 Å². The van der Waals surface area contributed by atoms with Crippen molar-refractivity contribution in [3.05, 3.63) is 0 Å². The van der Waals surface area contributed by atoms with Crippen LogP contribution >= 0.6 is 0 Å². The Balaban J connectivity index is 2.47. The lowest BCUT2D eigenvalue weighted by Crippen LogP contribution is -2.61. The van der Waals surface area contributed by atoms with Crippen molar-refractivity contribution < 1.29 is 65.2 Å². The number of nitriles is 1. The summed E-state index contributed by atoms with van der Waals surface area (Å²) < 4.78 is 235. The highest BCUT2D eigenvalue weighted by atomic mass is 19.4. The van der Waals surface area contributed by atoms with E-state index in [9.17, 15) is 39.0 Å². The maximum atomic E-state index is 14.5. The summed E-state index contributed by atoms with van der Waals surface area (Å²) in [6.45, 7) is -27.1. The van der Waals surface area contributed by atoms with E-state index in [4.69, 9.17) is 31.5 Å². The molecule has 2 aliphatic heterocycles. The van der Waals surface area contributed by atoms with Crippen molar-refractivity contribution >= 4 is 23.6 Å². The number of nitrogens with one attached hydrogen (secondary N) is 3. The fraction of sp³-hybridized carbons (Fsp3) is 0.783. The minimum absolute atomic E-state index is 0.545. The van der Waals surface area contributed by atoms with Crippen LogP contribution in [0.15, 0.2) is 0 Å². The Morgan fingerprint density at radius 1 is 1.40 bits per heavy atom. The van der Waals surface area contributed by atoms with Gasteiger partial charge in [-0.05, 0) is 35.4 Å². The molecule has 0 bridgehead atoms. The van der Waals surface area contributed by atoms with Crippen molar-refractivity contribution in [2.45, 2.75) is 71.3 Å². The number of rotatable bonds is 6. The highest BCUT2D eigenvalue weighted by molar-refractivity contribution is 5.95. The molecule has 3 N–H and O–H groups in total. The number of halogens is 3. The number of piperidine rings is 1. The van der Waals surface area contributed by atoms with Gasteiger partial charge in [-0.3, -0.25) is 19.2 Å². The third-order valence-electron chi connectivity index (χ3n) is 5.24. The predicted octanol–water partition coefficient (Wildman–Crippen LogP) is 1.10. The number of carbonyl (C=O) groups excluding carboxylic acids is 4. The molecule has 12 heteroatoms. The number of hydrogen-bond acceptors (Lipinski definition) is 5. The zero-order valence-electron chi connectivity index (χ0n) is 41.1. The van der Waals surface area contributed by atoms with Gasteiger partial charge in [0.25, 0.3) is 0 Å². The van der Waals surface area contributed by atoms with E-state index in [1.54, 1.807) is 0 Å². The van der Waals surface area contributed by atoms with Crippen molar-refractivity contribution in [2.75, 3.05) is 13.0 Å². The van der Waals surface area contributed by atoms with E-state index in [0.717, 1.165) is 11.4 Å². The molecule has 4 amide bonds. The summed E-state index contributed by atoms with van der Waals surface area (Å²) in [5, 5.41) is 13.1. The first kappa shape index (κ1) is 9.23. The number of fused-ring (bicyclic) bond motifs is 1. The van der Waals surface area contributed by atoms with E-state index in [2.05, 4.69) is 0 Å². The van der Waals surface area contributed by atoms with Crippen molar-refractivity contribution in [2.24, 2.45) is 28.6 Å². The maximum absolute atomic E-state index is 14.5. The SMILES string of the molecule is [2H]C([2H])([2H])C1(C([2H])([2H])[2H])[C@H]2[C@@H]1CN(C(=O)[C@@H](NC(=O)C(F)(F)F)C(C([2H])([2H])[2H])(C([2H])([2H])[2H])C([2H])([2H])[2H])[C@]2([2H])C(=O)N[C@]([2H])(C#N)C([2H])([2H])[C@@]1([2H])C(=O)NC([2H])([2H])C1([2H])[2H]. The lowest BCUT2D eigenvalue weighted by Gasteiger charge is -2.37. The Hall–Kier alpha value is -2.84. The summed E-state index contributed by atoms with van der Waals surface area (Å²) in [7, 11) is 0. The Morgan fingerprint density at radius 3 is 2.60 bits per heavy atom. The van der Waals surface area contributed by atoms with Crippen LogP contribution in [-0.4, -0.2) is 65.8 Å². The van der Waals surface area contributed by atoms with E-state index in [0.29, 0.717) is 5.32 Å². The van der Waals surface area contributed by atoms with Crippen LogP contribution in [0.4, 0.5) is 13.2 Å². The fourth-order valence-electron chi connectivity index (χ4n) is 3.52. The topological polar surface area (TPSA) is 131 Å². The van der Waals surface area contributed by atoms with E-state index in [-0.39, 0.29) is 0 Å². The van der Waals surface area contributed by atoms with E-state index in [1.807, 2.05) is 0 Å². The zero-order chi connectivity index (χ0) is 47.2. The van der Waals surface area contributed by atoms with Crippen LogP contribution in [-0.2, 0) is 19.2 Å². The first-order valence-electron chi connectivity index (χ1n) is 21.3. The molecule has 9 nitrogen and oxygen atoms in total. The molecule has 3 fully saturated rings. The lowest BCUT2D eigenvalue weighted by atomic mass is 9.85. The van der Waals surface area contributed by atoms with Crippen LogP contribution in [0, 0.1) is 39.9 Å². The number of carbonyl (C=O) groups is 4. The number of hydrogen-bond donors (Lipinski definition) is 3. The van der Waals surface area contributed by atoms with Gasteiger partial charge in [-0.1, -0.05) is 34.3 Å². The molecular weight excluding hydrogens is 467 g/mol. The molecule has 6 atom stereocenters. The van der Waals surface area contributed by atoms with Crippen molar-refractivity contribution in [1.82, 2.24) is 20.9 Å². The van der Waals surface area contributed by atoms with E-state index in [1.165, 1.54) is 5.32 Å². The second-order valence-electron chi connectivity index (χ2n) is 7.64. The van der Waals surface area contributed by atoms with Gasteiger partial charge in [0.05, 0.1) is 8.81 Å². The molecular formula is C23H32F3N5O4. The van der Waals surface area contributed by atoms with E-state index < -0.39 is 141 Å². The summed E-state index contributed by atoms with van der Waals surface area (Å²) >= 11 is 0. The van der Waals surface area contributed by atoms with Crippen LogP contribution in [0.5, 0.6) is 0 Å². The van der Waals surface area contributed by atoms with Gasteiger partial charge in [0.15, 0.2) is 0 Å². The first-order valence-corrected chi connectivity index (χ1v) is 9.34. The molecule has 194 valence electrons. The van der Waals surface area contributed by atoms with Crippen LogP contribution in [0.3, 0.4) is 0 Å². The highest BCUT2D eigenvalue weighted by Crippen LogP contribution is 2.65. The number of nitrogens with zero attached hydrogens (tertiary/aromatic N) is 2. The average molecular weight is 524 g/mol. The summed E-state index contributed by atoms with van der Waals surface area (Å²) in [6, 6.07) is -12.0. The Kier molecular flexibility index (Phi) is 2.37. The summed E-state index contributed by atoms with van der Waals surface area (Å²) in [5.74, 6) is -20.3. The molecule has 3 aliphatic rings. The molecule has 1 saturated carbocycles. The van der Waals surface area contributed by atoms with Gasteiger partial charge < -0.3 is 20.9 Å². The minimum Gasteiger partial charge on any atom is -0.356 e. The van der Waals surface area contributed by atoms with Gasteiger partial charge in [-0.25, -0.2) is 0 Å². The van der Waals surface area contributed by atoms with Gasteiger partial charge in [0.2, 0.25) is 17.7 Å². The second-order valence-corrected chi connectivity index (χ2v) is 7.64. The quantitative estimate of drug-likeness (QED) is 0.480. The van der Waals surface area contributed by atoms with Crippen molar-refractivity contribution in [1.29, 1.82) is 5.26 Å². The van der Waals surface area contributed by atoms with Crippen LogP contribution in [0.1, 0.15) is 79.9 Å². The molecule has 0 spiro atoms. The molecule has 3 rings (SSSR count). The number of amides is 4. The molecule has 0 aromatic carbocycles. The normalized spacial score (nSPS) is 49.2. The smallest absolute Gasteiger partial charge is 0.356 e. The maximum Gasteiger partial charge on any atom is 0.471 e. The van der Waals surface area contributed by atoms with Crippen LogP contribution < -0.4 is 16.0 Å². The predicted molar refractivity (Wildman–Crippen MR) is 117 cm³/mol. The average Bonchev–Trinajstić information content (AvgIpc) is 3.57. The molecule has 1 aliphatic carbocycles. The molecule has 0 aromatic rings. The fourth-order valence-corrected chi connectivity index (χ4v) is 3.52. The summed E-state index contributed by atoms with van der Waals surface area (Å²) in [5.41, 5.74) is -8.21. The Labute approximate surface area is 235 Å². The monoisotopic (exact) mass is 523 g/mol. The number of alkyl halides is 3. The lowest BCUT2D eigenvalue weighted by molar-refractivity contribution is -0.176. The minimum atomic E-state index is -6.19. The van der Waals surface area contributed by atoms with Crippen molar-refractivity contribution in [3.63, 3.8) is 0 Å². The Morgan fingerprint density at radius 2 is 2.09 bits per heavy atom. The molecule has 2 heterocycles.